The highest BCUT2D eigenvalue weighted by Gasteiger charge is 2.19. The quantitative estimate of drug-likeness (QED) is 0.0261. The maximum absolute atomic E-state index is 12.9. The molecule has 0 bridgehead atoms. The Morgan fingerprint density at radius 2 is 0.481 bits per heavy atom. The summed E-state index contributed by atoms with van der Waals surface area (Å²) in [6.45, 7) is 6.36. The molecule has 0 aliphatic heterocycles. The van der Waals surface area contributed by atoms with Gasteiger partial charge in [0.15, 0.2) is 6.10 Å². The molecule has 0 radical (unpaired) electrons. The smallest absolute Gasteiger partial charge is 0.306 e. The molecule has 0 fully saturated rings. The number of rotatable bonds is 59. The summed E-state index contributed by atoms with van der Waals surface area (Å²) in [5, 5.41) is 0. The highest BCUT2D eigenvalue weighted by molar-refractivity contribution is 5.71. The van der Waals surface area contributed by atoms with E-state index in [2.05, 4.69) is 167 Å². The number of esters is 3. The number of hydrogen-bond donors (Lipinski definition) is 0. The van der Waals surface area contributed by atoms with Gasteiger partial charge in [-0.1, -0.05) is 295 Å². The van der Waals surface area contributed by atoms with Crippen molar-refractivity contribution in [3.63, 3.8) is 0 Å². The van der Waals surface area contributed by atoms with Crippen LogP contribution in [0.25, 0.3) is 0 Å². The fourth-order valence-corrected chi connectivity index (χ4v) is 8.92. The summed E-state index contributed by atoms with van der Waals surface area (Å²) in [7, 11) is 0. The molecule has 0 aliphatic rings. The van der Waals surface area contributed by atoms with E-state index >= 15 is 0 Å². The minimum absolute atomic E-state index is 0.113. The number of hydrogen-bond acceptors (Lipinski definition) is 6. The second-order valence-corrected chi connectivity index (χ2v) is 21.6. The summed E-state index contributed by atoms with van der Waals surface area (Å²) in [4.78, 5) is 38.4. The lowest BCUT2D eigenvalue weighted by Crippen LogP contribution is -2.30. The zero-order valence-electron chi connectivity index (χ0n) is 52.5. The van der Waals surface area contributed by atoms with E-state index in [1.54, 1.807) is 0 Å². The van der Waals surface area contributed by atoms with Crippen molar-refractivity contribution in [2.75, 3.05) is 13.2 Å². The summed E-state index contributed by atoms with van der Waals surface area (Å²) in [6.07, 6.45) is 97.2. The molecule has 0 heterocycles. The van der Waals surface area contributed by atoms with Gasteiger partial charge in [-0.25, -0.2) is 0 Å². The van der Waals surface area contributed by atoms with E-state index in [1.807, 2.05) is 0 Å². The van der Waals surface area contributed by atoms with Gasteiger partial charge >= 0.3 is 17.9 Å². The van der Waals surface area contributed by atoms with Crippen LogP contribution in [0.2, 0.25) is 0 Å². The van der Waals surface area contributed by atoms with E-state index in [-0.39, 0.29) is 44.0 Å². The van der Waals surface area contributed by atoms with E-state index in [1.165, 1.54) is 116 Å². The molecule has 458 valence electrons. The molecular weight excluding hydrogens is 997 g/mol. The van der Waals surface area contributed by atoms with Crippen molar-refractivity contribution in [3.05, 3.63) is 146 Å². The molecular formula is C75H122O6. The Bertz CT molecular complexity index is 1760. The predicted molar refractivity (Wildman–Crippen MR) is 352 cm³/mol. The van der Waals surface area contributed by atoms with Crippen molar-refractivity contribution in [1.29, 1.82) is 0 Å². The predicted octanol–water partition coefficient (Wildman–Crippen LogP) is 23.1. The van der Waals surface area contributed by atoms with Crippen LogP contribution in [0.4, 0.5) is 0 Å². The van der Waals surface area contributed by atoms with Gasteiger partial charge in [0.2, 0.25) is 0 Å². The standard InChI is InChI=1S/C75H122O6/c1-4-7-10-13-16-19-22-25-28-31-34-37-40-43-46-49-52-55-58-61-64-67-73(76)79-70-72(81-75(78)69-66-63-60-57-54-51-48-45-42-39-36-33-30-27-24-21-18-15-12-9-6-3)71-80-74(77)68-65-62-59-56-53-50-47-44-41-38-35-32-29-26-23-20-17-14-11-8-5-2/h7,9-10,12,16,18-19,21,25,27-28,30,34,36-37,39,43,45-46,48,52,54-55,57,72H,4-6,8,11,13-15,17,20,22-24,26,29,31-33,35,38,40-42,44,47,49-51,53,56,58-71H2,1-3H3/b10-7-,12-9-,19-16-,21-18-,28-25-,30-27-,37-34-,39-36-,46-43-,48-45-,55-52-,57-54-. The summed E-state index contributed by atoms with van der Waals surface area (Å²) < 4.78 is 16.9. The molecule has 0 saturated heterocycles. The molecule has 0 N–H and O–H groups in total. The highest BCUT2D eigenvalue weighted by atomic mass is 16.6. The molecule has 0 spiro atoms. The zero-order valence-corrected chi connectivity index (χ0v) is 52.5. The van der Waals surface area contributed by atoms with Gasteiger partial charge < -0.3 is 14.2 Å². The number of carbonyl (C=O) groups is 3. The molecule has 0 amide bonds. The first-order valence-electron chi connectivity index (χ1n) is 33.3. The summed E-state index contributed by atoms with van der Waals surface area (Å²) in [6, 6.07) is 0. The summed E-state index contributed by atoms with van der Waals surface area (Å²) in [5.74, 6) is -0.998. The van der Waals surface area contributed by atoms with Crippen molar-refractivity contribution < 1.29 is 28.6 Å². The Kier molecular flexibility index (Phi) is 63.9. The van der Waals surface area contributed by atoms with E-state index in [4.69, 9.17) is 14.2 Å². The summed E-state index contributed by atoms with van der Waals surface area (Å²) in [5.41, 5.74) is 0. The van der Waals surface area contributed by atoms with Crippen molar-refractivity contribution in [2.45, 2.75) is 297 Å². The van der Waals surface area contributed by atoms with Gasteiger partial charge in [0.05, 0.1) is 0 Å². The molecule has 0 aliphatic carbocycles. The molecule has 6 nitrogen and oxygen atoms in total. The molecule has 1 unspecified atom stereocenters. The third-order valence-electron chi connectivity index (χ3n) is 13.8. The van der Waals surface area contributed by atoms with Crippen molar-refractivity contribution >= 4 is 17.9 Å². The van der Waals surface area contributed by atoms with E-state index in [0.29, 0.717) is 19.3 Å². The monoisotopic (exact) mass is 1120 g/mol. The van der Waals surface area contributed by atoms with Gasteiger partial charge in [-0.3, -0.25) is 14.4 Å². The fourth-order valence-electron chi connectivity index (χ4n) is 8.92. The molecule has 0 aromatic heterocycles. The maximum atomic E-state index is 12.9. The largest absolute Gasteiger partial charge is 0.462 e. The van der Waals surface area contributed by atoms with Crippen LogP contribution >= 0.6 is 0 Å². The van der Waals surface area contributed by atoms with Gasteiger partial charge in [0.1, 0.15) is 13.2 Å². The van der Waals surface area contributed by atoms with Gasteiger partial charge in [-0.05, 0) is 122 Å². The normalized spacial score (nSPS) is 13.1. The average molecular weight is 1120 g/mol. The number of unbranched alkanes of at least 4 members (excludes halogenated alkanes) is 24. The first-order chi connectivity index (χ1) is 40.0. The Labute approximate surface area is 499 Å². The maximum Gasteiger partial charge on any atom is 0.306 e. The van der Waals surface area contributed by atoms with Crippen LogP contribution in [0, 0.1) is 0 Å². The van der Waals surface area contributed by atoms with Gasteiger partial charge in [-0.2, -0.15) is 0 Å². The molecule has 0 rings (SSSR count). The molecule has 81 heavy (non-hydrogen) atoms. The second-order valence-electron chi connectivity index (χ2n) is 21.6. The Morgan fingerprint density at radius 3 is 0.753 bits per heavy atom. The molecule has 0 saturated carbocycles. The SMILES string of the molecule is CC/C=C\C/C=C\C/C=C\C/C=C\C/C=C\C/C=C\CCCCC(=O)OCC(COC(=O)CCCCCCCCCCCCCCCCCCCCCCC)OC(=O)CCCC/C=C\C/C=C\C/C=C\C/C=C\C/C=C\C/C=C\CC. The number of ether oxygens (including phenoxy) is 3. The fraction of sp³-hybridized carbons (Fsp3) is 0.640. The Balaban J connectivity index is 4.54. The number of carbonyl (C=O) groups excluding carboxylic acids is 3. The van der Waals surface area contributed by atoms with Gasteiger partial charge in [0, 0.05) is 19.3 Å². The van der Waals surface area contributed by atoms with Crippen LogP contribution in [-0.4, -0.2) is 37.2 Å². The van der Waals surface area contributed by atoms with E-state index in [0.717, 1.165) is 122 Å². The van der Waals surface area contributed by atoms with Gasteiger partial charge in [-0.15, -0.1) is 0 Å². The van der Waals surface area contributed by atoms with Crippen molar-refractivity contribution in [3.8, 4) is 0 Å². The Hall–Kier alpha value is -4.71. The second kappa shape index (κ2) is 67.8. The lowest BCUT2D eigenvalue weighted by molar-refractivity contribution is -0.167. The van der Waals surface area contributed by atoms with E-state index < -0.39 is 6.10 Å². The molecule has 0 aromatic carbocycles. The number of allylic oxidation sites excluding steroid dienone is 24. The van der Waals surface area contributed by atoms with Crippen molar-refractivity contribution in [2.24, 2.45) is 0 Å². The van der Waals surface area contributed by atoms with Crippen LogP contribution in [0.1, 0.15) is 290 Å². The first-order valence-corrected chi connectivity index (χ1v) is 33.3. The molecule has 1 atom stereocenters. The molecule has 6 heteroatoms. The molecule has 0 aromatic rings. The van der Waals surface area contributed by atoms with Crippen LogP contribution in [0.3, 0.4) is 0 Å². The topological polar surface area (TPSA) is 78.9 Å². The van der Waals surface area contributed by atoms with Crippen LogP contribution in [0.5, 0.6) is 0 Å². The lowest BCUT2D eigenvalue weighted by Gasteiger charge is -2.18. The third-order valence-corrected chi connectivity index (χ3v) is 13.8. The lowest BCUT2D eigenvalue weighted by atomic mass is 10.0. The minimum atomic E-state index is -0.827. The average Bonchev–Trinajstić information content (AvgIpc) is 3.47. The van der Waals surface area contributed by atoms with Gasteiger partial charge in [0.25, 0.3) is 0 Å². The summed E-state index contributed by atoms with van der Waals surface area (Å²) >= 11 is 0. The van der Waals surface area contributed by atoms with Crippen molar-refractivity contribution in [1.82, 2.24) is 0 Å². The van der Waals surface area contributed by atoms with Crippen LogP contribution < -0.4 is 0 Å². The first kappa shape index (κ1) is 76.3. The third kappa shape index (κ3) is 66.0. The zero-order chi connectivity index (χ0) is 58.5. The Morgan fingerprint density at radius 1 is 0.259 bits per heavy atom. The van der Waals surface area contributed by atoms with Crippen LogP contribution in [-0.2, 0) is 28.6 Å². The minimum Gasteiger partial charge on any atom is -0.462 e. The van der Waals surface area contributed by atoms with Crippen LogP contribution in [0.15, 0.2) is 146 Å². The highest BCUT2D eigenvalue weighted by Crippen LogP contribution is 2.16. The van der Waals surface area contributed by atoms with E-state index in [9.17, 15) is 14.4 Å².